The summed E-state index contributed by atoms with van der Waals surface area (Å²) >= 11 is 0. The highest BCUT2D eigenvalue weighted by molar-refractivity contribution is 5.94. The number of benzene rings is 1. The van der Waals surface area contributed by atoms with Crippen molar-refractivity contribution >= 4 is 5.91 Å². The van der Waals surface area contributed by atoms with E-state index >= 15 is 0 Å². The minimum Gasteiger partial charge on any atom is -0.508 e. The lowest BCUT2D eigenvalue weighted by molar-refractivity contribution is 0.0703. The predicted octanol–water partition coefficient (Wildman–Crippen LogP) is 2.56. The molecule has 1 saturated heterocycles. The summed E-state index contributed by atoms with van der Waals surface area (Å²) in [5.74, 6) is 1.45. The first-order valence-electron chi connectivity index (χ1n) is 9.28. The number of imidazole rings is 1. The monoisotopic (exact) mass is 356 g/mol. The van der Waals surface area contributed by atoms with Gasteiger partial charge in [-0.3, -0.25) is 4.79 Å². The molecule has 1 aliphatic heterocycles. The van der Waals surface area contributed by atoms with Gasteiger partial charge in [-0.05, 0) is 58.1 Å². The second-order valence-electron chi connectivity index (χ2n) is 7.28. The van der Waals surface area contributed by atoms with E-state index in [1.54, 1.807) is 18.2 Å². The third kappa shape index (κ3) is 4.43. The van der Waals surface area contributed by atoms with Crippen LogP contribution in [0.25, 0.3) is 0 Å². The molecule has 1 aromatic carbocycles. The van der Waals surface area contributed by atoms with Crippen molar-refractivity contribution in [1.29, 1.82) is 0 Å². The quantitative estimate of drug-likeness (QED) is 0.864. The number of hydrogen-bond donors (Lipinski definition) is 1. The maximum Gasteiger partial charge on any atom is 0.254 e. The number of rotatable bonds is 6. The van der Waals surface area contributed by atoms with Crippen LogP contribution in [0.1, 0.15) is 41.4 Å². The van der Waals surface area contributed by atoms with Gasteiger partial charge in [-0.25, -0.2) is 4.98 Å². The Morgan fingerprint density at radius 1 is 1.38 bits per heavy atom. The van der Waals surface area contributed by atoms with Crippen molar-refractivity contribution in [3.63, 3.8) is 0 Å². The number of nitrogens with zero attached hydrogens (tertiary/aromatic N) is 4. The number of carbonyl (C=O) groups is 1. The molecule has 1 fully saturated rings. The molecule has 0 saturated carbocycles. The first-order chi connectivity index (χ1) is 12.5. The van der Waals surface area contributed by atoms with E-state index in [4.69, 9.17) is 0 Å². The van der Waals surface area contributed by atoms with Crippen molar-refractivity contribution in [1.82, 2.24) is 19.4 Å². The number of hydrogen-bond acceptors (Lipinski definition) is 4. The van der Waals surface area contributed by atoms with Gasteiger partial charge in [-0.1, -0.05) is 6.07 Å². The maximum absolute atomic E-state index is 12.8. The summed E-state index contributed by atoms with van der Waals surface area (Å²) < 4.78 is 2.23. The molecule has 1 atom stereocenters. The van der Waals surface area contributed by atoms with Crippen molar-refractivity contribution in [3.05, 3.63) is 48.0 Å². The summed E-state index contributed by atoms with van der Waals surface area (Å²) in [5.41, 5.74) is 0.542. The molecule has 0 bridgehead atoms. The standard InChI is InChI=1S/C20H28N4O2/c1-22(2)10-5-12-23-13-9-21-19(23)17-7-4-11-24(15-17)20(26)16-6-3-8-18(25)14-16/h3,6,8-9,13-14,17,25H,4-5,7,10-12,15H2,1-2H3. The Bertz CT molecular complexity index is 741. The molecule has 3 rings (SSSR count). The van der Waals surface area contributed by atoms with E-state index in [0.29, 0.717) is 12.1 Å². The van der Waals surface area contributed by atoms with Gasteiger partial charge in [0.25, 0.3) is 5.91 Å². The lowest BCUT2D eigenvalue weighted by Gasteiger charge is -2.33. The average molecular weight is 356 g/mol. The summed E-state index contributed by atoms with van der Waals surface area (Å²) in [6.07, 6.45) is 7.01. The van der Waals surface area contributed by atoms with Gasteiger partial charge in [0, 0.05) is 43.5 Å². The highest BCUT2D eigenvalue weighted by atomic mass is 16.3. The molecule has 1 amide bonds. The number of piperidine rings is 1. The number of carbonyl (C=O) groups excluding carboxylic acids is 1. The number of aromatic hydroxyl groups is 1. The van der Waals surface area contributed by atoms with Gasteiger partial charge in [0.1, 0.15) is 11.6 Å². The maximum atomic E-state index is 12.8. The molecule has 2 heterocycles. The van der Waals surface area contributed by atoms with Crippen LogP contribution in [0.3, 0.4) is 0 Å². The lowest BCUT2D eigenvalue weighted by atomic mass is 9.96. The molecule has 1 aromatic heterocycles. The molecule has 2 aromatic rings. The molecule has 26 heavy (non-hydrogen) atoms. The van der Waals surface area contributed by atoms with E-state index in [1.165, 1.54) is 6.07 Å². The molecular weight excluding hydrogens is 328 g/mol. The Kier molecular flexibility index (Phi) is 5.93. The molecule has 1 unspecified atom stereocenters. The van der Waals surface area contributed by atoms with Crippen LogP contribution in [-0.2, 0) is 6.54 Å². The first-order valence-corrected chi connectivity index (χ1v) is 9.28. The van der Waals surface area contributed by atoms with Crippen molar-refractivity contribution in [2.75, 3.05) is 33.7 Å². The van der Waals surface area contributed by atoms with E-state index in [1.807, 2.05) is 17.3 Å². The summed E-state index contributed by atoms with van der Waals surface area (Å²) in [5, 5.41) is 9.63. The normalized spacial score (nSPS) is 17.7. The fourth-order valence-corrected chi connectivity index (χ4v) is 3.62. The molecule has 0 radical (unpaired) electrons. The van der Waals surface area contributed by atoms with Crippen LogP contribution in [0, 0.1) is 0 Å². The zero-order valence-corrected chi connectivity index (χ0v) is 15.6. The predicted molar refractivity (Wildman–Crippen MR) is 101 cm³/mol. The van der Waals surface area contributed by atoms with E-state index in [-0.39, 0.29) is 17.6 Å². The van der Waals surface area contributed by atoms with E-state index in [0.717, 1.165) is 44.7 Å². The number of amides is 1. The van der Waals surface area contributed by atoms with Gasteiger partial charge in [0.05, 0.1) is 0 Å². The van der Waals surface area contributed by atoms with Gasteiger partial charge in [0.2, 0.25) is 0 Å². The molecule has 0 spiro atoms. The molecule has 0 aliphatic carbocycles. The zero-order chi connectivity index (χ0) is 18.5. The molecule has 140 valence electrons. The van der Waals surface area contributed by atoms with Crippen LogP contribution < -0.4 is 0 Å². The molecule has 6 heteroatoms. The fourth-order valence-electron chi connectivity index (χ4n) is 3.62. The van der Waals surface area contributed by atoms with Crippen LogP contribution in [0.5, 0.6) is 5.75 Å². The number of aromatic nitrogens is 2. The van der Waals surface area contributed by atoms with Crippen molar-refractivity contribution in [2.24, 2.45) is 0 Å². The lowest BCUT2D eigenvalue weighted by Crippen LogP contribution is -2.39. The van der Waals surface area contributed by atoms with Crippen molar-refractivity contribution in [2.45, 2.75) is 31.7 Å². The van der Waals surface area contributed by atoms with Crippen LogP contribution >= 0.6 is 0 Å². The third-order valence-corrected chi connectivity index (χ3v) is 4.92. The topological polar surface area (TPSA) is 61.6 Å². The summed E-state index contributed by atoms with van der Waals surface area (Å²) in [6, 6.07) is 6.59. The summed E-state index contributed by atoms with van der Waals surface area (Å²) in [6.45, 7) is 3.43. The fraction of sp³-hybridized carbons (Fsp3) is 0.500. The molecule has 6 nitrogen and oxygen atoms in total. The Labute approximate surface area is 155 Å². The van der Waals surface area contributed by atoms with Crippen LogP contribution in [-0.4, -0.2) is 64.1 Å². The van der Waals surface area contributed by atoms with Crippen LogP contribution in [0.4, 0.5) is 0 Å². The third-order valence-electron chi connectivity index (χ3n) is 4.92. The van der Waals surface area contributed by atoms with Gasteiger partial charge in [-0.15, -0.1) is 0 Å². The number of phenols is 1. The molecule has 1 aliphatic rings. The van der Waals surface area contributed by atoms with E-state index in [9.17, 15) is 9.90 Å². The summed E-state index contributed by atoms with van der Waals surface area (Å²) in [7, 11) is 4.17. The second kappa shape index (κ2) is 8.36. The smallest absolute Gasteiger partial charge is 0.254 e. The Morgan fingerprint density at radius 2 is 2.23 bits per heavy atom. The highest BCUT2D eigenvalue weighted by Crippen LogP contribution is 2.27. The van der Waals surface area contributed by atoms with Gasteiger partial charge in [0.15, 0.2) is 0 Å². The van der Waals surface area contributed by atoms with E-state index < -0.39 is 0 Å². The number of likely N-dealkylation sites (tertiary alicyclic amines) is 1. The van der Waals surface area contributed by atoms with Crippen molar-refractivity contribution in [3.8, 4) is 5.75 Å². The first kappa shape index (κ1) is 18.5. The SMILES string of the molecule is CN(C)CCCn1ccnc1C1CCCN(C(=O)c2cccc(O)c2)C1. The minimum atomic E-state index is -0.0173. The Balaban J connectivity index is 1.67. The average Bonchev–Trinajstić information content (AvgIpc) is 3.09. The van der Waals surface area contributed by atoms with Crippen LogP contribution in [0.15, 0.2) is 36.7 Å². The second-order valence-corrected chi connectivity index (χ2v) is 7.28. The Morgan fingerprint density at radius 3 is 3.00 bits per heavy atom. The molecular formula is C20H28N4O2. The largest absolute Gasteiger partial charge is 0.508 e. The van der Waals surface area contributed by atoms with Gasteiger partial charge in [-0.2, -0.15) is 0 Å². The number of aryl methyl sites for hydroxylation is 1. The zero-order valence-electron chi connectivity index (χ0n) is 15.6. The Hall–Kier alpha value is -2.34. The van der Waals surface area contributed by atoms with Crippen LogP contribution in [0.2, 0.25) is 0 Å². The minimum absolute atomic E-state index is 0.0173. The summed E-state index contributed by atoms with van der Waals surface area (Å²) in [4.78, 5) is 21.4. The number of phenolic OH excluding ortho intramolecular Hbond substituents is 1. The highest BCUT2D eigenvalue weighted by Gasteiger charge is 2.28. The van der Waals surface area contributed by atoms with E-state index in [2.05, 4.69) is 28.5 Å². The van der Waals surface area contributed by atoms with Crippen molar-refractivity contribution < 1.29 is 9.90 Å². The van der Waals surface area contributed by atoms with Gasteiger partial charge >= 0.3 is 0 Å². The molecule has 1 N–H and O–H groups in total. The van der Waals surface area contributed by atoms with Gasteiger partial charge < -0.3 is 19.5 Å².